The quantitative estimate of drug-likeness (QED) is 0.526. The van der Waals surface area contributed by atoms with Gasteiger partial charge in [-0.15, -0.1) is 0 Å². The van der Waals surface area contributed by atoms with Crippen LogP contribution in [0.3, 0.4) is 0 Å². The van der Waals surface area contributed by atoms with Crippen molar-refractivity contribution in [2.45, 2.75) is 6.18 Å². The van der Waals surface area contributed by atoms with Crippen LogP contribution in [-0.2, 0) is 6.18 Å². The molecule has 0 aliphatic carbocycles. The number of halogens is 3. The molecule has 1 saturated heterocycles. The molecule has 7 nitrogen and oxygen atoms in total. The highest BCUT2D eigenvalue weighted by atomic mass is 19.4. The Kier molecular flexibility index (Phi) is 6.56. The first-order chi connectivity index (χ1) is 14.3. The van der Waals surface area contributed by atoms with Crippen LogP contribution in [0.25, 0.3) is 0 Å². The Bertz CT molecular complexity index is 912. The summed E-state index contributed by atoms with van der Waals surface area (Å²) in [4.78, 5) is 26.3. The number of carbonyl (C=O) groups excluding carboxylic acids is 1. The molecule has 0 N–H and O–H groups in total. The minimum atomic E-state index is -4.59. The molecule has 0 bridgehead atoms. The Labute approximate surface area is 170 Å². The summed E-state index contributed by atoms with van der Waals surface area (Å²) in [6.45, 7) is 2.44. The van der Waals surface area contributed by atoms with E-state index in [-0.39, 0.29) is 11.3 Å². The SMILES string of the molecule is O=C(c1ccccc1C(F)(F)F)N1CCN(CCOc2cccc([N+](=O)[O-])c2)CC1. The first kappa shape index (κ1) is 21.6. The summed E-state index contributed by atoms with van der Waals surface area (Å²) in [5.74, 6) is -0.239. The molecule has 160 valence electrons. The zero-order chi connectivity index (χ0) is 21.7. The molecule has 0 aromatic heterocycles. The number of benzene rings is 2. The smallest absolute Gasteiger partial charge is 0.417 e. The van der Waals surface area contributed by atoms with E-state index in [2.05, 4.69) is 0 Å². The van der Waals surface area contributed by atoms with Gasteiger partial charge in [-0.2, -0.15) is 13.2 Å². The number of piperazine rings is 1. The molecule has 1 aliphatic rings. The summed E-state index contributed by atoms with van der Waals surface area (Å²) < 4.78 is 45.0. The van der Waals surface area contributed by atoms with Crippen molar-refractivity contribution >= 4 is 11.6 Å². The van der Waals surface area contributed by atoms with E-state index < -0.39 is 22.6 Å². The highest BCUT2D eigenvalue weighted by Gasteiger charge is 2.36. The fourth-order valence-electron chi connectivity index (χ4n) is 3.24. The lowest BCUT2D eigenvalue weighted by Gasteiger charge is -2.35. The van der Waals surface area contributed by atoms with Crippen molar-refractivity contribution in [2.75, 3.05) is 39.3 Å². The molecule has 1 heterocycles. The molecule has 1 fully saturated rings. The Hall–Kier alpha value is -3.14. The average Bonchev–Trinajstić information content (AvgIpc) is 2.73. The molecule has 2 aromatic rings. The van der Waals surface area contributed by atoms with E-state index in [1.165, 1.54) is 41.3 Å². The molecule has 0 atom stereocenters. The number of hydrogen-bond donors (Lipinski definition) is 0. The summed E-state index contributed by atoms with van der Waals surface area (Å²) in [7, 11) is 0. The van der Waals surface area contributed by atoms with E-state index in [1.54, 1.807) is 6.07 Å². The minimum Gasteiger partial charge on any atom is -0.492 e. The van der Waals surface area contributed by atoms with Crippen LogP contribution in [0.2, 0.25) is 0 Å². The molecule has 10 heteroatoms. The minimum absolute atomic E-state index is 0.0567. The first-order valence-electron chi connectivity index (χ1n) is 9.31. The lowest BCUT2D eigenvalue weighted by atomic mass is 10.1. The van der Waals surface area contributed by atoms with Gasteiger partial charge in [0.15, 0.2) is 0 Å². The van der Waals surface area contributed by atoms with Crippen LogP contribution in [-0.4, -0.2) is 60.0 Å². The van der Waals surface area contributed by atoms with Crippen LogP contribution in [0, 0.1) is 10.1 Å². The molecular formula is C20H20F3N3O4. The van der Waals surface area contributed by atoms with Crippen molar-refractivity contribution in [3.8, 4) is 5.75 Å². The third-order valence-electron chi connectivity index (χ3n) is 4.83. The maximum Gasteiger partial charge on any atom is 0.417 e. The number of amides is 1. The maximum atomic E-state index is 13.2. The molecule has 2 aromatic carbocycles. The van der Waals surface area contributed by atoms with Gasteiger partial charge in [-0.25, -0.2) is 0 Å². The van der Waals surface area contributed by atoms with E-state index in [1.807, 2.05) is 4.90 Å². The number of carbonyl (C=O) groups is 1. The van der Waals surface area contributed by atoms with Gasteiger partial charge in [-0.1, -0.05) is 18.2 Å². The number of ether oxygens (including phenoxy) is 1. The van der Waals surface area contributed by atoms with Crippen LogP contribution in [0.15, 0.2) is 48.5 Å². The summed E-state index contributed by atoms with van der Waals surface area (Å²) in [6, 6.07) is 10.7. The Morgan fingerprint density at radius 1 is 1.07 bits per heavy atom. The van der Waals surface area contributed by atoms with Gasteiger partial charge in [0.2, 0.25) is 0 Å². The second-order valence-electron chi connectivity index (χ2n) is 6.78. The van der Waals surface area contributed by atoms with Crippen molar-refractivity contribution < 1.29 is 27.6 Å². The molecule has 1 amide bonds. The number of rotatable bonds is 6. The van der Waals surface area contributed by atoms with Crippen LogP contribution < -0.4 is 4.74 Å². The lowest BCUT2D eigenvalue weighted by Crippen LogP contribution is -2.49. The van der Waals surface area contributed by atoms with E-state index >= 15 is 0 Å². The highest BCUT2D eigenvalue weighted by Crippen LogP contribution is 2.32. The number of hydrogen-bond acceptors (Lipinski definition) is 5. The average molecular weight is 423 g/mol. The van der Waals surface area contributed by atoms with Crippen molar-refractivity contribution in [3.63, 3.8) is 0 Å². The van der Waals surface area contributed by atoms with Gasteiger partial charge in [0, 0.05) is 38.8 Å². The molecule has 0 radical (unpaired) electrons. The molecule has 0 saturated carbocycles. The monoisotopic (exact) mass is 423 g/mol. The van der Waals surface area contributed by atoms with E-state index in [4.69, 9.17) is 4.74 Å². The summed E-state index contributed by atoms with van der Waals surface area (Å²) in [6.07, 6.45) is -4.59. The van der Waals surface area contributed by atoms with Crippen LogP contribution in [0.4, 0.5) is 18.9 Å². The van der Waals surface area contributed by atoms with Crippen LogP contribution in [0.5, 0.6) is 5.75 Å². The second-order valence-corrected chi connectivity index (χ2v) is 6.78. The van der Waals surface area contributed by atoms with Crippen molar-refractivity contribution in [3.05, 3.63) is 69.8 Å². The third kappa shape index (κ3) is 5.26. The topological polar surface area (TPSA) is 75.9 Å². The van der Waals surface area contributed by atoms with Gasteiger partial charge in [0.1, 0.15) is 12.4 Å². The number of nitrogens with zero attached hydrogens (tertiary/aromatic N) is 3. The van der Waals surface area contributed by atoms with Gasteiger partial charge < -0.3 is 9.64 Å². The predicted octanol–water partition coefficient (Wildman–Crippen LogP) is 3.45. The summed E-state index contributed by atoms with van der Waals surface area (Å²) in [5, 5.41) is 10.8. The number of nitro benzene ring substituents is 1. The molecule has 0 unspecified atom stereocenters. The molecular weight excluding hydrogens is 403 g/mol. The number of alkyl halides is 3. The van der Waals surface area contributed by atoms with E-state index in [0.717, 1.165) is 6.07 Å². The zero-order valence-corrected chi connectivity index (χ0v) is 16.0. The fourth-order valence-corrected chi connectivity index (χ4v) is 3.24. The third-order valence-corrected chi connectivity index (χ3v) is 4.83. The standard InChI is InChI=1S/C20H20F3N3O4/c21-20(22,23)18-7-2-1-6-17(18)19(27)25-10-8-24(9-11-25)12-13-30-16-5-3-4-15(14-16)26(28)29/h1-7,14H,8-13H2. The van der Waals surface area contributed by atoms with Gasteiger partial charge >= 0.3 is 6.18 Å². The summed E-state index contributed by atoms with van der Waals surface area (Å²) in [5.41, 5.74) is -1.32. The fraction of sp³-hybridized carbons (Fsp3) is 0.350. The second kappa shape index (κ2) is 9.12. The van der Waals surface area contributed by atoms with Gasteiger partial charge in [0.25, 0.3) is 11.6 Å². The van der Waals surface area contributed by atoms with E-state index in [9.17, 15) is 28.1 Å². The zero-order valence-electron chi connectivity index (χ0n) is 16.0. The Morgan fingerprint density at radius 3 is 2.43 bits per heavy atom. The number of non-ortho nitro benzene ring substituents is 1. The molecule has 0 spiro atoms. The predicted molar refractivity (Wildman–Crippen MR) is 102 cm³/mol. The number of nitro groups is 1. The lowest BCUT2D eigenvalue weighted by molar-refractivity contribution is -0.384. The van der Waals surface area contributed by atoms with Crippen molar-refractivity contribution in [1.82, 2.24) is 9.80 Å². The van der Waals surface area contributed by atoms with Crippen LogP contribution >= 0.6 is 0 Å². The van der Waals surface area contributed by atoms with Crippen molar-refractivity contribution in [1.29, 1.82) is 0 Å². The van der Waals surface area contributed by atoms with Crippen molar-refractivity contribution in [2.24, 2.45) is 0 Å². The highest BCUT2D eigenvalue weighted by molar-refractivity contribution is 5.96. The van der Waals surface area contributed by atoms with Gasteiger partial charge in [-0.3, -0.25) is 19.8 Å². The molecule has 1 aliphatic heterocycles. The Balaban J connectivity index is 1.50. The molecule has 3 rings (SSSR count). The Morgan fingerprint density at radius 2 is 1.77 bits per heavy atom. The van der Waals surface area contributed by atoms with E-state index in [0.29, 0.717) is 45.1 Å². The molecule has 30 heavy (non-hydrogen) atoms. The normalized spacial score (nSPS) is 15.1. The largest absolute Gasteiger partial charge is 0.492 e. The maximum absolute atomic E-state index is 13.2. The summed E-state index contributed by atoms with van der Waals surface area (Å²) >= 11 is 0. The van der Waals surface area contributed by atoms with Gasteiger partial charge in [0.05, 0.1) is 22.1 Å². The van der Waals surface area contributed by atoms with Crippen LogP contribution in [0.1, 0.15) is 15.9 Å². The first-order valence-corrected chi connectivity index (χ1v) is 9.31. The van der Waals surface area contributed by atoms with Gasteiger partial charge in [-0.05, 0) is 18.2 Å².